The van der Waals surface area contributed by atoms with Crippen LogP contribution in [0, 0.1) is 5.92 Å². The third kappa shape index (κ3) is 4.62. The number of hydrogen-bond donors (Lipinski definition) is 2. The first-order valence-corrected chi connectivity index (χ1v) is 8.74. The molecule has 2 aliphatic heterocycles. The molecule has 0 aliphatic carbocycles. The van der Waals surface area contributed by atoms with Crippen LogP contribution in [0.5, 0.6) is 0 Å². The molecule has 3 unspecified atom stereocenters. The van der Waals surface area contributed by atoms with Crippen LogP contribution in [0.25, 0.3) is 0 Å². The molecule has 112 valence electrons. The Morgan fingerprint density at radius 3 is 2.95 bits per heavy atom. The summed E-state index contributed by atoms with van der Waals surface area (Å²) in [4.78, 5) is 0. The van der Waals surface area contributed by atoms with Crippen LogP contribution in [-0.4, -0.2) is 47.0 Å². The number of hydrogen-bond acceptors (Lipinski definition) is 4. The Bertz CT molecular complexity index is 288. The average Bonchev–Trinajstić information content (AvgIpc) is 2.73. The Balaban J connectivity index is 1.79. The fourth-order valence-electron chi connectivity index (χ4n) is 3.38. The zero-order chi connectivity index (χ0) is 13.9. The van der Waals surface area contributed by atoms with E-state index in [2.05, 4.69) is 19.2 Å². The molecule has 3 nitrogen and oxygen atoms in total. The molecule has 2 saturated heterocycles. The highest BCUT2D eigenvalue weighted by atomic mass is 32.2. The molecule has 2 rings (SSSR count). The van der Waals surface area contributed by atoms with E-state index in [9.17, 15) is 5.11 Å². The van der Waals surface area contributed by atoms with Crippen molar-refractivity contribution in [3.63, 3.8) is 0 Å². The van der Waals surface area contributed by atoms with Crippen molar-refractivity contribution in [1.82, 2.24) is 5.32 Å². The van der Waals surface area contributed by atoms with Gasteiger partial charge in [0.05, 0.1) is 11.2 Å². The van der Waals surface area contributed by atoms with E-state index < -0.39 is 5.60 Å². The zero-order valence-electron chi connectivity index (χ0n) is 12.6. The van der Waals surface area contributed by atoms with Crippen LogP contribution in [0.4, 0.5) is 0 Å². The van der Waals surface area contributed by atoms with Crippen molar-refractivity contribution in [3.8, 4) is 0 Å². The molecule has 0 amide bonds. The van der Waals surface area contributed by atoms with Gasteiger partial charge < -0.3 is 15.2 Å². The Hall–Kier alpha value is 0.230. The lowest BCUT2D eigenvalue weighted by Crippen LogP contribution is -2.50. The van der Waals surface area contributed by atoms with Gasteiger partial charge in [-0.3, -0.25) is 0 Å². The predicted octanol–water partition coefficient (Wildman–Crippen LogP) is 2.43. The third-order valence-electron chi connectivity index (χ3n) is 4.18. The summed E-state index contributed by atoms with van der Waals surface area (Å²) in [7, 11) is 0. The fourth-order valence-corrected chi connectivity index (χ4v) is 4.76. The molecule has 0 radical (unpaired) electrons. The molecule has 0 aromatic heterocycles. The molecular weight excluding hydrogens is 258 g/mol. The maximum atomic E-state index is 10.4. The summed E-state index contributed by atoms with van der Waals surface area (Å²) in [5, 5.41) is 14.0. The summed E-state index contributed by atoms with van der Waals surface area (Å²) < 4.78 is 6.03. The minimum Gasteiger partial charge on any atom is -0.389 e. The van der Waals surface area contributed by atoms with Crippen molar-refractivity contribution in [2.24, 2.45) is 5.92 Å². The van der Waals surface area contributed by atoms with E-state index in [1.165, 1.54) is 12.2 Å². The van der Waals surface area contributed by atoms with Gasteiger partial charge in [0.25, 0.3) is 0 Å². The third-order valence-corrected chi connectivity index (χ3v) is 5.40. The smallest absolute Gasteiger partial charge is 0.0795 e. The van der Waals surface area contributed by atoms with Gasteiger partial charge in [-0.1, -0.05) is 13.8 Å². The topological polar surface area (TPSA) is 41.5 Å². The van der Waals surface area contributed by atoms with Gasteiger partial charge >= 0.3 is 0 Å². The number of rotatable bonds is 5. The molecule has 3 atom stereocenters. The van der Waals surface area contributed by atoms with Gasteiger partial charge in [0.15, 0.2) is 0 Å². The van der Waals surface area contributed by atoms with Crippen molar-refractivity contribution in [2.75, 3.05) is 24.7 Å². The average molecular weight is 287 g/mol. The Kier molecular flexibility index (Phi) is 5.21. The van der Waals surface area contributed by atoms with Crippen LogP contribution >= 0.6 is 11.8 Å². The summed E-state index contributed by atoms with van der Waals surface area (Å²) >= 11 is 2.01. The molecule has 0 aromatic carbocycles. The van der Waals surface area contributed by atoms with Crippen molar-refractivity contribution >= 4 is 11.8 Å². The number of ether oxygens (including phenoxy) is 1. The van der Waals surface area contributed by atoms with E-state index in [1.54, 1.807) is 0 Å². The van der Waals surface area contributed by atoms with Gasteiger partial charge in [-0.15, -0.1) is 0 Å². The van der Waals surface area contributed by atoms with Crippen LogP contribution in [0.1, 0.15) is 46.5 Å². The van der Waals surface area contributed by atoms with E-state index in [-0.39, 0.29) is 5.60 Å². The molecule has 0 aromatic rings. The Morgan fingerprint density at radius 2 is 2.32 bits per heavy atom. The second-order valence-electron chi connectivity index (χ2n) is 7.00. The zero-order valence-corrected chi connectivity index (χ0v) is 13.4. The summed E-state index contributed by atoms with van der Waals surface area (Å²) in [5.74, 6) is 2.91. The highest BCUT2D eigenvalue weighted by Crippen LogP contribution is 2.38. The monoisotopic (exact) mass is 287 g/mol. The number of thioether (sulfide) groups is 1. The van der Waals surface area contributed by atoms with E-state index >= 15 is 0 Å². The molecule has 4 heteroatoms. The van der Waals surface area contributed by atoms with Crippen molar-refractivity contribution in [3.05, 3.63) is 0 Å². The summed E-state index contributed by atoms with van der Waals surface area (Å²) in [6.45, 7) is 7.82. The normalized spacial score (nSPS) is 34.9. The van der Waals surface area contributed by atoms with Gasteiger partial charge in [0.2, 0.25) is 0 Å². The maximum absolute atomic E-state index is 10.4. The molecule has 2 aliphatic rings. The lowest BCUT2D eigenvalue weighted by molar-refractivity contribution is -0.0731. The van der Waals surface area contributed by atoms with E-state index in [0.717, 1.165) is 31.6 Å². The molecule has 2 N–H and O–H groups in total. The molecule has 2 fully saturated rings. The number of aliphatic hydroxyl groups is 1. The second-order valence-corrected chi connectivity index (χ2v) is 8.10. The largest absolute Gasteiger partial charge is 0.389 e. The lowest BCUT2D eigenvalue weighted by atomic mass is 9.88. The van der Waals surface area contributed by atoms with Crippen LogP contribution < -0.4 is 5.32 Å². The summed E-state index contributed by atoms with van der Waals surface area (Å²) in [6, 6.07) is 0.506. The van der Waals surface area contributed by atoms with Gasteiger partial charge in [0.1, 0.15) is 0 Å². The predicted molar refractivity (Wildman–Crippen MR) is 81.7 cm³/mol. The summed E-state index contributed by atoms with van der Waals surface area (Å²) in [6.07, 6.45) is 4.23. The molecule has 19 heavy (non-hydrogen) atoms. The Labute approximate surface area is 121 Å². The first kappa shape index (κ1) is 15.6. The van der Waals surface area contributed by atoms with Gasteiger partial charge in [0, 0.05) is 24.9 Å². The van der Waals surface area contributed by atoms with Gasteiger partial charge in [-0.2, -0.15) is 11.8 Å². The van der Waals surface area contributed by atoms with Crippen molar-refractivity contribution in [1.29, 1.82) is 0 Å². The first-order chi connectivity index (χ1) is 8.91. The minimum atomic E-state index is -0.593. The highest BCUT2D eigenvalue weighted by molar-refractivity contribution is 7.99. The molecular formula is C15H29NO2S. The SMILES string of the molecule is CC(C)CC(C)(O)CNC1CCOC2(CCSC2)C1. The van der Waals surface area contributed by atoms with Crippen LogP contribution in [0.15, 0.2) is 0 Å². The van der Waals surface area contributed by atoms with E-state index in [1.807, 2.05) is 18.7 Å². The van der Waals surface area contributed by atoms with Gasteiger partial charge in [-0.05, 0) is 44.3 Å². The quantitative estimate of drug-likeness (QED) is 0.815. The standard InChI is InChI=1S/C15H29NO2S/c1-12(2)8-14(3,17)10-16-13-4-6-18-15(9-13)5-7-19-11-15/h12-13,16-17H,4-11H2,1-3H3. The van der Waals surface area contributed by atoms with Crippen molar-refractivity contribution in [2.45, 2.75) is 63.7 Å². The van der Waals surface area contributed by atoms with Gasteiger partial charge in [-0.25, -0.2) is 0 Å². The summed E-state index contributed by atoms with van der Waals surface area (Å²) in [5.41, 5.74) is -0.464. The Morgan fingerprint density at radius 1 is 1.53 bits per heavy atom. The molecule has 2 heterocycles. The van der Waals surface area contributed by atoms with Crippen LogP contribution in [0.3, 0.4) is 0 Å². The second kappa shape index (κ2) is 6.33. The van der Waals surface area contributed by atoms with E-state index in [0.29, 0.717) is 18.5 Å². The molecule has 1 spiro atoms. The van der Waals surface area contributed by atoms with Crippen LogP contribution in [-0.2, 0) is 4.74 Å². The van der Waals surface area contributed by atoms with E-state index in [4.69, 9.17) is 4.74 Å². The maximum Gasteiger partial charge on any atom is 0.0795 e. The van der Waals surface area contributed by atoms with Crippen LogP contribution in [0.2, 0.25) is 0 Å². The van der Waals surface area contributed by atoms with Crippen molar-refractivity contribution < 1.29 is 9.84 Å². The molecule has 0 bridgehead atoms. The highest BCUT2D eigenvalue weighted by Gasteiger charge is 2.40. The fraction of sp³-hybridized carbons (Fsp3) is 1.00. The minimum absolute atomic E-state index is 0.129. The number of nitrogens with one attached hydrogen (secondary N) is 1. The molecule has 0 saturated carbocycles. The lowest BCUT2D eigenvalue weighted by Gasteiger charge is -2.39. The first-order valence-electron chi connectivity index (χ1n) is 7.58.